The number of non-ortho nitro benzene ring substituents is 1. The van der Waals surface area contributed by atoms with Crippen LogP contribution in [0.2, 0.25) is 0 Å². The lowest BCUT2D eigenvalue weighted by atomic mass is 10.2. The molecule has 1 N–H and O–H groups in total. The van der Waals surface area contributed by atoms with Crippen molar-refractivity contribution < 1.29 is 27.3 Å². The van der Waals surface area contributed by atoms with Gasteiger partial charge in [-0.15, -0.1) is 0 Å². The molecule has 1 amide bonds. The van der Waals surface area contributed by atoms with E-state index in [0.29, 0.717) is 25.1 Å². The molecule has 38 heavy (non-hydrogen) atoms. The van der Waals surface area contributed by atoms with Crippen LogP contribution in [0.5, 0.6) is 11.6 Å². The number of halogens is 1. The Labute approximate surface area is 219 Å². The summed E-state index contributed by atoms with van der Waals surface area (Å²) in [5.41, 5.74) is 0.188. The van der Waals surface area contributed by atoms with E-state index in [1.165, 1.54) is 28.9 Å². The number of hydrogen-bond donors (Lipinski definition) is 1. The number of sulfonamides is 1. The third-order valence-electron chi connectivity index (χ3n) is 6.32. The molecule has 1 aliphatic heterocycles. The summed E-state index contributed by atoms with van der Waals surface area (Å²) in [6.07, 6.45) is 2.22. The Bertz CT molecular complexity index is 1480. The summed E-state index contributed by atoms with van der Waals surface area (Å²) in [7, 11) is -4.24. The Morgan fingerprint density at radius 1 is 1.24 bits per heavy atom. The molecule has 202 valence electrons. The minimum absolute atomic E-state index is 0.0213. The van der Waals surface area contributed by atoms with Gasteiger partial charge < -0.3 is 9.64 Å². The quantitative estimate of drug-likeness (QED) is 0.312. The first kappa shape index (κ1) is 27.2. The minimum Gasteiger partial charge on any atom is -0.437 e. The van der Waals surface area contributed by atoms with E-state index in [1.54, 1.807) is 31.7 Å². The molecule has 1 atom stereocenters. The molecule has 0 saturated carbocycles. The number of aromatic nitrogens is 2. The molecule has 3 aromatic rings. The van der Waals surface area contributed by atoms with Gasteiger partial charge in [0, 0.05) is 36.8 Å². The third kappa shape index (κ3) is 5.53. The van der Waals surface area contributed by atoms with E-state index in [0.717, 1.165) is 25.0 Å². The monoisotopic (exact) mass is 545 g/mol. The zero-order valence-electron chi connectivity index (χ0n) is 21.2. The van der Waals surface area contributed by atoms with Crippen LogP contribution in [0.1, 0.15) is 49.2 Å². The van der Waals surface area contributed by atoms with Crippen molar-refractivity contribution in [2.24, 2.45) is 0 Å². The summed E-state index contributed by atoms with van der Waals surface area (Å²) in [6, 6.07) is 8.22. The second kappa shape index (κ2) is 10.9. The Kier molecular flexibility index (Phi) is 7.78. The van der Waals surface area contributed by atoms with Crippen molar-refractivity contribution in [3.05, 3.63) is 69.7 Å². The van der Waals surface area contributed by atoms with Crippen LogP contribution in [0.3, 0.4) is 0 Å². The van der Waals surface area contributed by atoms with Crippen LogP contribution in [-0.4, -0.2) is 53.1 Å². The highest BCUT2D eigenvalue weighted by Gasteiger charge is 2.30. The zero-order chi connectivity index (χ0) is 27.6. The molecule has 2 aromatic carbocycles. The third-order valence-corrected chi connectivity index (χ3v) is 7.93. The Morgan fingerprint density at radius 2 is 1.95 bits per heavy atom. The number of ether oxygens (including phenoxy) is 1. The van der Waals surface area contributed by atoms with Crippen LogP contribution in [0.15, 0.2) is 47.4 Å². The maximum absolute atomic E-state index is 14.1. The van der Waals surface area contributed by atoms with Crippen molar-refractivity contribution in [3.63, 3.8) is 0 Å². The molecule has 0 aliphatic carbocycles. The number of carbonyl (C=O) groups is 1. The number of nitro benzene ring substituents is 1. The summed E-state index contributed by atoms with van der Waals surface area (Å²) in [6.45, 7) is 6.20. The summed E-state index contributed by atoms with van der Waals surface area (Å²) in [5, 5.41) is 15.8. The predicted octanol–water partition coefficient (Wildman–Crippen LogP) is 4.33. The van der Waals surface area contributed by atoms with Crippen LogP contribution >= 0.6 is 0 Å². The number of nitro groups is 1. The lowest BCUT2D eigenvalue weighted by Gasteiger charge is -2.16. The lowest BCUT2D eigenvalue weighted by Crippen LogP contribution is -2.32. The van der Waals surface area contributed by atoms with Crippen molar-refractivity contribution in [3.8, 4) is 17.3 Å². The fourth-order valence-electron chi connectivity index (χ4n) is 4.08. The predicted molar refractivity (Wildman–Crippen MR) is 137 cm³/mol. The SMILES string of the molecule is CC[C@@H](C)NS(=O)(=O)c1cc([N+](=O)[O-])ccc1Oc1c(C)c(C(=O)N2CCCC2)nn1-c1cccc(F)c1. The molecule has 0 unspecified atom stereocenters. The molecule has 0 bridgehead atoms. The van der Waals surface area contributed by atoms with Gasteiger partial charge in [0.15, 0.2) is 5.69 Å². The second-order valence-corrected chi connectivity index (χ2v) is 10.8. The molecule has 0 spiro atoms. The number of carbonyl (C=O) groups excluding carboxylic acids is 1. The molecule has 1 aliphatic rings. The Hall–Kier alpha value is -3.84. The molecule has 11 nitrogen and oxygen atoms in total. The summed E-state index contributed by atoms with van der Waals surface area (Å²) >= 11 is 0. The van der Waals surface area contributed by atoms with Crippen molar-refractivity contribution in [1.29, 1.82) is 0 Å². The van der Waals surface area contributed by atoms with E-state index in [4.69, 9.17) is 4.74 Å². The lowest BCUT2D eigenvalue weighted by molar-refractivity contribution is -0.385. The van der Waals surface area contributed by atoms with Crippen molar-refractivity contribution >= 4 is 21.6 Å². The molecule has 1 fully saturated rings. The first-order valence-corrected chi connectivity index (χ1v) is 13.6. The van der Waals surface area contributed by atoms with Gasteiger partial charge in [-0.05, 0) is 57.4 Å². The number of rotatable bonds is 9. The van der Waals surface area contributed by atoms with Gasteiger partial charge in [-0.25, -0.2) is 17.5 Å². The van der Waals surface area contributed by atoms with Crippen LogP contribution in [0.4, 0.5) is 10.1 Å². The van der Waals surface area contributed by atoms with Crippen LogP contribution in [-0.2, 0) is 10.0 Å². The molecule has 2 heterocycles. The normalized spacial score (nSPS) is 14.5. The number of nitrogens with one attached hydrogen (secondary N) is 1. The standard InChI is InChI=1S/C25H28FN5O6S/c1-4-16(2)28-38(35,36)22-15-20(31(33)34)10-11-21(22)37-25-17(3)23(24(32)29-12-5-6-13-29)27-30(25)19-9-7-8-18(26)14-19/h7-11,14-16,28H,4-6,12-13H2,1-3H3/t16-/m1/s1. The molecule has 1 saturated heterocycles. The highest BCUT2D eigenvalue weighted by molar-refractivity contribution is 7.89. The highest BCUT2D eigenvalue weighted by Crippen LogP contribution is 2.36. The number of hydrogen-bond acceptors (Lipinski definition) is 7. The van der Waals surface area contributed by atoms with Crippen LogP contribution in [0, 0.1) is 22.9 Å². The van der Waals surface area contributed by atoms with Gasteiger partial charge in [0.1, 0.15) is 16.5 Å². The summed E-state index contributed by atoms with van der Waals surface area (Å²) in [5.74, 6) is -1.11. The van der Waals surface area contributed by atoms with Crippen molar-refractivity contribution in [2.75, 3.05) is 13.1 Å². The smallest absolute Gasteiger partial charge is 0.274 e. The van der Waals surface area contributed by atoms with Gasteiger partial charge in [-0.3, -0.25) is 14.9 Å². The average molecular weight is 546 g/mol. The summed E-state index contributed by atoms with van der Waals surface area (Å²) in [4.78, 5) is 25.1. The fourth-order valence-corrected chi connectivity index (χ4v) is 5.55. The number of benzene rings is 2. The number of likely N-dealkylation sites (tertiary alicyclic amines) is 1. The van der Waals surface area contributed by atoms with Crippen molar-refractivity contribution in [1.82, 2.24) is 19.4 Å². The Balaban J connectivity index is 1.87. The van der Waals surface area contributed by atoms with Gasteiger partial charge in [0.25, 0.3) is 11.6 Å². The highest BCUT2D eigenvalue weighted by atomic mass is 32.2. The first-order valence-electron chi connectivity index (χ1n) is 12.1. The van der Waals surface area contributed by atoms with Gasteiger partial charge in [-0.2, -0.15) is 9.78 Å². The average Bonchev–Trinajstić information content (AvgIpc) is 3.52. The fraction of sp³-hybridized carbons (Fsp3) is 0.360. The maximum Gasteiger partial charge on any atom is 0.274 e. The van der Waals surface area contributed by atoms with Crippen LogP contribution < -0.4 is 9.46 Å². The van der Waals surface area contributed by atoms with E-state index in [2.05, 4.69) is 9.82 Å². The molecular formula is C25H28FN5O6S. The van der Waals surface area contributed by atoms with Gasteiger partial charge in [0.2, 0.25) is 15.9 Å². The zero-order valence-corrected chi connectivity index (χ0v) is 22.0. The van der Waals surface area contributed by atoms with Crippen molar-refractivity contribution in [2.45, 2.75) is 51.0 Å². The number of amides is 1. The van der Waals surface area contributed by atoms with Gasteiger partial charge in [-0.1, -0.05) is 13.0 Å². The second-order valence-electron chi connectivity index (χ2n) is 9.09. The molecule has 13 heteroatoms. The molecule has 1 aromatic heterocycles. The van der Waals surface area contributed by atoms with Gasteiger partial charge >= 0.3 is 0 Å². The van der Waals surface area contributed by atoms with E-state index in [9.17, 15) is 27.7 Å². The molecular weight excluding hydrogens is 517 g/mol. The molecule has 0 radical (unpaired) electrons. The van der Waals surface area contributed by atoms with E-state index in [-0.39, 0.29) is 28.9 Å². The minimum atomic E-state index is -4.24. The van der Waals surface area contributed by atoms with E-state index < -0.39 is 37.4 Å². The summed E-state index contributed by atoms with van der Waals surface area (Å²) < 4.78 is 50.3. The first-order chi connectivity index (χ1) is 18.0. The Morgan fingerprint density at radius 3 is 2.58 bits per heavy atom. The van der Waals surface area contributed by atoms with Crippen LogP contribution in [0.25, 0.3) is 5.69 Å². The maximum atomic E-state index is 14.1. The number of nitrogens with zero attached hydrogens (tertiary/aromatic N) is 4. The molecule has 4 rings (SSSR count). The topological polar surface area (TPSA) is 137 Å². The van der Waals surface area contributed by atoms with E-state index in [1.807, 2.05) is 0 Å². The largest absolute Gasteiger partial charge is 0.437 e. The van der Waals surface area contributed by atoms with Gasteiger partial charge in [0.05, 0.1) is 10.6 Å². The van der Waals surface area contributed by atoms with E-state index >= 15 is 0 Å².